The lowest BCUT2D eigenvalue weighted by atomic mass is 9.92. The molecule has 0 bridgehead atoms. The first-order chi connectivity index (χ1) is 10.9. The minimum absolute atomic E-state index is 0.0195. The molecule has 9 nitrogen and oxygen atoms in total. The summed E-state index contributed by atoms with van der Waals surface area (Å²) >= 11 is 1.23. The van der Waals surface area contributed by atoms with Gasteiger partial charge in [-0.2, -0.15) is 0 Å². The van der Waals surface area contributed by atoms with Crippen LogP contribution in [0.3, 0.4) is 0 Å². The van der Waals surface area contributed by atoms with Crippen LogP contribution in [-0.4, -0.2) is 59.8 Å². The van der Waals surface area contributed by atoms with Crippen molar-refractivity contribution < 1.29 is 38.7 Å². The molecule has 0 radical (unpaired) electrons. The highest BCUT2D eigenvalue weighted by Crippen LogP contribution is 2.50. The number of carbonyl (C=O) groups is 3. The molecule has 23 heavy (non-hydrogen) atoms. The second-order valence-electron chi connectivity index (χ2n) is 4.87. The third-order valence-electron chi connectivity index (χ3n) is 3.33. The maximum absolute atomic E-state index is 12.2. The summed E-state index contributed by atoms with van der Waals surface area (Å²) in [5, 5.41) is 9.28. The fraction of sp³-hybridized carbons (Fsp3) is 0.615. The lowest BCUT2D eigenvalue weighted by Crippen LogP contribution is -2.60. The molecule has 2 aliphatic rings. The molecule has 2 rings (SSSR count). The molecule has 10 heteroatoms. The Bertz CT molecular complexity index is 546. The second kappa shape index (κ2) is 7.30. The number of thioether (sulfide) groups is 1. The summed E-state index contributed by atoms with van der Waals surface area (Å²) < 4.78 is 9.38. The Hall–Kier alpha value is -1.62. The van der Waals surface area contributed by atoms with Crippen molar-refractivity contribution in [3.05, 3.63) is 10.6 Å². The molecule has 2 heterocycles. The first kappa shape index (κ1) is 17.7. The average molecular weight is 347 g/mol. The number of esters is 2. The monoisotopic (exact) mass is 347 g/mol. The number of aliphatic hydroxyl groups excluding tert-OH is 1. The highest BCUT2D eigenvalue weighted by molar-refractivity contribution is 8.04. The Morgan fingerprint density at radius 2 is 2.09 bits per heavy atom. The number of hydrogen-bond acceptors (Lipinski definition) is 9. The number of aliphatic hydroxyl groups is 1. The Labute approximate surface area is 136 Å². The summed E-state index contributed by atoms with van der Waals surface area (Å²) in [6.07, 6.45) is -0.836. The summed E-state index contributed by atoms with van der Waals surface area (Å²) in [7, 11) is 1.32. The zero-order valence-electron chi connectivity index (χ0n) is 12.8. The molecule has 0 aromatic heterocycles. The predicted molar refractivity (Wildman–Crippen MR) is 76.1 cm³/mol. The molecule has 0 spiro atoms. The zero-order valence-corrected chi connectivity index (χ0v) is 13.6. The number of fused-ring (bicyclic) bond motifs is 1. The Balaban J connectivity index is 2.12. The minimum Gasteiger partial charge on any atom is -0.428 e. The van der Waals surface area contributed by atoms with Crippen molar-refractivity contribution in [3.63, 3.8) is 0 Å². The van der Waals surface area contributed by atoms with Crippen molar-refractivity contribution in [1.82, 2.24) is 4.90 Å². The van der Waals surface area contributed by atoms with E-state index >= 15 is 0 Å². The van der Waals surface area contributed by atoms with Crippen LogP contribution >= 0.6 is 11.8 Å². The van der Waals surface area contributed by atoms with E-state index in [1.165, 1.54) is 37.6 Å². The largest absolute Gasteiger partial charge is 0.428 e. The smallest absolute Gasteiger partial charge is 0.358 e. The maximum atomic E-state index is 12.2. The van der Waals surface area contributed by atoms with Gasteiger partial charge >= 0.3 is 11.9 Å². The molecule has 0 aromatic rings. The van der Waals surface area contributed by atoms with E-state index in [0.717, 1.165) is 0 Å². The molecule has 0 aliphatic carbocycles. The van der Waals surface area contributed by atoms with E-state index in [1.54, 1.807) is 0 Å². The van der Waals surface area contributed by atoms with Gasteiger partial charge in [-0.05, 0) is 6.92 Å². The number of nitrogens with zero attached hydrogens (tertiary/aromatic N) is 1. The van der Waals surface area contributed by atoms with Gasteiger partial charge in [0, 0.05) is 11.8 Å². The van der Waals surface area contributed by atoms with Gasteiger partial charge in [0.1, 0.15) is 17.7 Å². The van der Waals surface area contributed by atoms with Crippen LogP contribution < -0.4 is 0 Å². The SMILES string of the molecule is COOCC1=C(C(=O)OCOC(C)=O)N2C(=O)C(C(C)O)[C@@H]2S1. The van der Waals surface area contributed by atoms with Gasteiger partial charge in [0.25, 0.3) is 0 Å². The van der Waals surface area contributed by atoms with Gasteiger partial charge < -0.3 is 14.6 Å². The van der Waals surface area contributed by atoms with E-state index in [4.69, 9.17) is 9.62 Å². The first-order valence-corrected chi connectivity index (χ1v) is 7.63. The molecule has 3 atom stereocenters. The van der Waals surface area contributed by atoms with Crippen LogP contribution in [-0.2, 0) is 33.6 Å². The summed E-state index contributed by atoms with van der Waals surface area (Å²) in [6, 6.07) is 0. The van der Waals surface area contributed by atoms with Crippen molar-refractivity contribution >= 4 is 29.6 Å². The fourth-order valence-corrected chi connectivity index (χ4v) is 3.80. The van der Waals surface area contributed by atoms with E-state index in [1.807, 2.05) is 0 Å². The summed E-state index contributed by atoms with van der Waals surface area (Å²) in [5.41, 5.74) is 0.0195. The molecule has 1 saturated heterocycles. The number of ether oxygens (including phenoxy) is 2. The van der Waals surface area contributed by atoms with Crippen molar-refractivity contribution in [1.29, 1.82) is 0 Å². The van der Waals surface area contributed by atoms with Gasteiger partial charge in [-0.1, -0.05) is 11.8 Å². The predicted octanol–water partition coefficient (Wildman–Crippen LogP) is -0.248. The van der Waals surface area contributed by atoms with Gasteiger partial charge in [-0.3, -0.25) is 14.5 Å². The second-order valence-corrected chi connectivity index (χ2v) is 6.08. The fourth-order valence-electron chi connectivity index (χ4n) is 2.29. The standard InChI is InChI=1S/C13H17NO8S/c1-6(15)9-11(17)14-10(13(18)21-5-20-7(2)16)8(4-22-19-3)23-12(9)14/h6,9,12,15H,4-5H2,1-3H3/t6?,9?,12-/m0/s1. The van der Waals surface area contributed by atoms with Crippen molar-refractivity contribution in [2.45, 2.75) is 25.3 Å². The Morgan fingerprint density at radius 3 is 2.65 bits per heavy atom. The third-order valence-corrected chi connectivity index (χ3v) is 4.67. The van der Waals surface area contributed by atoms with Crippen molar-refractivity contribution in [3.8, 4) is 0 Å². The molecule has 2 aliphatic heterocycles. The van der Waals surface area contributed by atoms with Crippen LogP contribution in [0.1, 0.15) is 13.8 Å². The first-order valence-electron chi connectivity index (χ1n) is 6.75. The van der Waals surface area contributed by atoms with E-state index in [9.17, 15) is 19.5 Å². The van der Waals surface area contributed by atoms with Gasteiger partial charge in [0.15, 0.2) is 0 Å². The summed E-state index contributed by atoms with van der Waals surface area (Å²) in [5.74, 6) is -2.38. The summed E-state index contributed by atoms with van der Waals surface area (Å²) in [4.78, 5) is 46.1. The minimum atomic E-state index is -0.836. The highest BCUT2D eigenvalue weighted by Gasteiger charge is 2.57. The Morgan fingerprint density at radius 1 is 1.39 bits per heavy atom. The topological polar surface area (TPSA) is 112 Å². The lowest BCUT2D eigenvalue weighted by molar-refractivity contribution is -0.264. The molecular weight excluding hydrogens is 330 g/mol. The van der Waals surface area contributed by atoms with Crippen molar-refractivity contribution in [2.24, 2.45) is 5.92 Å². The molecule has 2 unspecified atom stereocenters. The van der Waals surface area contributed by atoms with E-state index < -0.39 is 36.1 Å². The van der Waals surface area contributed by atoms with Gasteiger partial charge in [0.2, 0.25) is 12.7 Å². The van der Waals surface area contributed by atoms with Crippen LogP contribution in [0.4, 0.5) is 0 Å². The van der Waals surface area contributed by atoms with E-state index in [2.05, 4.69) is 9.62 Å². The molecule has 1 amide bonds. The van der Waals surface area contributed by atoms with Crippen LogP contribution in [0, 0.1) is 5.92 Å². The number of amides is 1. The molecule has 128 valence electrons. The van der Waals surface area contributed by atoms with Gasteiger partial charge in [0.05, 0.1) is 19.1 Å². The molecular formula is C13H17NO8S. The normalized spacial score (nSPS) is 24.2. The molecule has 0 aromatic carbocycles. The molecule has 0 saturated carbocycles. The molecule has 1 fully saturated rings. The van der Waals surface area contributed by atoms with Crippen LogP contribution in [0.2, 0.25) is 0 Å². The lowest BCUT2D eigenvalue weighted by Gasteiger charge is -2.43. The third kappa shape index (κ3) is 3.50. The number of hydrogen-bond donors (Lipinski definition) is 1. The van der Waals surface area contributed by atoms with Gasteiger partial charge in [-0.25, -0.2) is 14.6 Å². The van der Waals surface area contributed by atoms with Crippen molar-refractivity contribution in [2.75, 3.05) is 20.5 Å². The number of carbonyl (C=O) groups excluding carboxylic acids is 3. The molecule has 1 N–H and O–H groups in total. The number of β-lactam (4-membered cyclic amide) rings is 1. The highest BCUT2D eigenvalue weighted by atomic mass is 32.2. The van der Waals surface area contributed by atoms with Crippen LogP contribution in [0.5, 0.6) is 0 Å². The maximum Gasteiger partial charge on any atom is 0.358 e. The zero-order chi connectivity index (χ0) is 17.1. The van der Waals surface area contributed by atoms with E-state index in [-0.39, 0.29) is 18.2 Å². The van der Waals surface area contributed by atoms with Gasteiger partial charge in [-0.15, -0.1) is 0 Å². The number of rotatable bonds is 7. The van der Waals surface area contributed by atoms with E-state index in [0.29, 0.717) is 4.91 Å². The van der Waals surface area contributed by atoms with Crippen LogP contribution in [0.25, 0.3) is 0 Å². The quantitative estimate of drug-likeness (QED) is 0.219. The average Bonchev–Trinajstić information content (AvgIpc) is 2.78. The summed E-state index contributed by atoms with van der Waals surface area (Å²) in [6.45, 7) is 2.10. The van der Waals surface area contributed by atoms with Crippen LogP contribution in [0.15, 0.2) is 10.6 Å². The Kier molecular flexibility index (Phi) is 5.63.